The molecule has 3 rings (SSSR count). The number of fused-ring (bicyclic) bond motifs is 1. The quantitative estimate of drug-likeness (QED) is 0.449. The third kappa shape index (κ3) is 4.93. The van der Waals surface area contributed by atoms with E-state index < -0.39 is 23.9 Å². The first-order chi connectivity index (χ1) is 14.6. The smallest absolute Gasteiger partial charge is 0.408 e. The van der Waals surface area contributed by atoms with Crippen LogP contribution in [0, 0.1) is 12.7 Å². The Hall–Kier alpha value is -3.21. The van der Waals surface area contributed by atoms with E-state index in [1.807, 2.05) is 5.32 Å². The number of aryl methyl sites for hydroxylation is 1. The first kappa shape index (κ1) is 22.5. The van der Waals surface area contributed by atoms with Crippen LogP contribution in [-0.4, -0.2) is 53.0 Å². The summed E-state index contributed by atoms with van der Waals surface area (Å²) in [4.78, 5) is 16.7. The van der Waals surface area contributed by atoms with E-state index in [9.17, 15) is 22.4 Å². The second-order valence-corrected chi connectivity index (χ2v) is 6.80. The molecule has 0 aliphatic rings. The van der Waals surface area contributed by atoms with E-state index in [1.54, 1.807) is 19.1 Å². The minimum Gasteiger partial charge on any atom is -0.488 e. The summed E-state index contributed by atoms with van der Waals surface area (Å²) in [6, 6.07) is 3.84. The standard InChI is InChI=1S/C20H20F4N4O3/c1-11-8-16(13-4-5-17(15(21)9-13)31-7-6-30-3)27-18-14(10-25-28(11)18)19(29)26-12(2)20(22,23)24/h4-5,8-10,12H,6-7H2,1-3H3,(H,26,29). The number of nitrogens with zero attached hydrogens (tertiary/aromatic N) is 3. The van der Waals surface area contributed by atoms with Gasteiger partial charge in [0.25, 0.3) is 5.91 Å². The molecular weight excluding hydrogens is 420 g/mol. The lowest BCUT2D eigenvalue weighted by molar-refractivity contribution is -0.149. The SMILES string of the molecule is COCCOc1ccc(-c2cc(C)n3ncc(C(=O)NC(C)C(F)(F)F)c3n2)cc1F. The van der Waals surface area contributed by atoms with Crippen molar-refractivity contribution in [3.05, 3.63) is 47.5 Å². The summed E-state index contributed by atoms with van der Waals surface area (Å²) < 4.78 is 64.2. The molecule has 0 radical (unpaired) electrons. The minimum absolute atomic E-state index is 0.0455. The highest BCUT2D eigenvalue weighted by Crippen LogP contribution is 2.27. The average Bonchev–Trinajstić information content (AvgIpc) is 3.13. The molecule has 1 aromatic carbocycles. The van der Waals surface area contributed by atoms with E-state index in [-0.39, 0.29) is 23.6 Å². The molecule has 7 nitrogen and oxygen atoms in total. The molecule has 0 spiro atoms. The summed E-state index contributed by atoms with van der Waals surface area (Å²) in [5, 5.41) is 5.91. The van der Waals surface area contributed by atoms with Gasteiger partial charge in [-0.2, -0.15) is 18.3 Å². The maximum Gasteiger partial charge on any atom is 0.408 e. The van der Waals surface area contributed by atoms with Crippen molar-refractivity contribution in [1.82, 2.24) is 19.9 Å². The van der Waals surface area contributed by atoms with Crippen LogP contribution in [0.15, 0.2) is 30.5 Å². The fraction of sp³-hybridized carbons (Fsp3) is 0.350. The summed E-state index contributed by atoms with van der Waals surface area (Å²) in [6.45, 7) is 3.01. The van der Waals surface area contributed by atoms with Gasteiger partial charge in [-0.25, -0.2) is 13.9 Å². The van der Waals surface area contributed by atoms with Gasteiger partial charge < -0.3 is 14.8 Å². The summed E-state index contributed by atoms with van der Waals surface area (Å²) in [5.41, 5.74) is 1.22. The normalized spacial score (nSPS) is 12.7. The van der Waals surface area contributed by atoms with Crippen LogP contribution in [0.3, 0.4) is 0 Å². The molecule has 0 fully saturated rings. The Kier molecular flexibility index (Phi) is 6.44. The number of hydrogen-bond acceptors (Lipinski definition) is 5. The molecule has 2 heterocycles. The van der Waals surface area contributed by atoms with Crippen LogP contribution < -0.4 is 10.1 Å². The van der Waals surface area contributed by atoms with Crippen LogP contribution in [-0.2, 0) is 4.74 Å². The topological polar surface area (TPSA) is 77.8 Å². The Morgan fingerprint density at radius 1 is 1.26 bits per heavy atom. The van der Waals surface area contributed by atoms with Crippen LogP contribution >= 0.6 is 0 Å². The number of carbonyl (C=O) groups is 1. The average molecular weight is 440 g/mol. The summed E-state index contributed by atoms with van der Waals surface area (Å²) in [7, 11) is 1.50. The molecule has 2 aromatic heterocycles. The van der Waals surface area contributed by atoms with Crippen molar-refractivity contribution in [2.24, 2.45) is 0 Å². The van der Waals surface area contributed by atoms with E-state index in [0.29, 0.717) is 23.6 Å². The van der Waals surface area contributed by atoms with E-state index in [0.717, 1.165) is 13.1 Å². The van der Waals surface area contributed by atoms with Gasteiger partial charge in [0.15, 0.2) is 17.2 Å². The van der Waals surface area contributed by atoms with Gasteiger partial charge in [-0.3, -0.25) is 4.79 Å². The lowest BCUT2D eigenvalue weighted by Gasteiger charge is -2.16. The van der Waals surface area contributed by atoms with Gasteiger partial charge in [0.05, 0.1) is 18.5 Å². The Morgan fingerprint density at radius 2 is 2.00 bits per heavy atom. The summed E-state index contributed by atoms with van der Waals surface area (Å²) in [5.74, 6) is -1.53. The fourth-order valence-electron chi connectivity index (χ4n) is 2.79. The number of benzene rings is 1. The Bertz CT molecular complexity index is 1100. The van der Waals surface area contributed by atoms with Gasteiger partial charge in [0, 0.05) is 18.4 Å². The van der Waals surface area contributed by atoms with Crippen LogP contribution in [0.1, 0.15) is 23.0 Å². The number of aromatic nitrogens is 3. The largest absolute Gasteiger partial charge is 0.488 e. The molecule has 11 heteroatoms. The van der Waals surface area contributed by atoms with Crippen LogP contribution in [0.4, 0.5) is 17.6 Å². The van der Waals surface area contributed by atoms with Gasteiger partial charge in [0.2, 0.25) is 0 Å². The molecule has 0 aliphatic heterocycles. The molecular formula is C20H20F4N4O3. The second kappa shape index (κ2) is 8.88. The fourth-order valence-corrected chi connectivity index (χ4v) is 2.79. The first-order valence-corrected chi connectivity index (χ1v) is 9.26. The number of methoxy groups -OCH3 is 1. The number of amides is 1. The first-order valence-electron chi connectivity index (χ1n) is 9.26. The zero-order valence-electron chi connectivity index (χ0n) is 17.0. The summed E-state index contributed by atoms with van der Waals surface area (Å²) in [6.07, 6.45) is -3.44. The highest BCUT2D eigenvalue weighted by Gasteiger charge is 2.37. The molecule has 1 unspecified atom stereocenters. The third-order valence-electron chi connectivity index (χ3n) is 4.51. The molecule has 1 atom stereocenters. The Labute approximate surface area is 175 Å². The third-order valence-corrected chi connectivity index (χ3v) is 4.51. The van der Waals surface area contributed by atoms with Crippen LogP contribution in [0.5, 0.6) is 5.75 Å². The molecule has 1 N–H and O–H groups in total. The predicted molar refractivity (Wildman–Crippen MR) is 103 cm³/mol. The number of carbonyl (C=O) groups excluding carboxylic acids is 1. The van der Waals surface area contributed by atoms with Gasteiger partial charge in [-0.1, -0.05) is 0 Å². The Balaban J connectivity index is 1.94. The number of halogens is 4. The molecule has 0 bridgehead atoms. The molecule has 31 heavy (non-hydrogen) atoms. The lowest BCUT2D eigenvalue weighted by Crippen LogP contribution is -2.43. The van der Waals surface area contributed by atoms with Gasteiger partial charge in [0.1, 0.15) is 18.2 Å². The zero-order chi connectivity index (χ0) is 22.8. The lowest BCUT2D eigenvalue weighted by atomic mass is 10.1. The van der Waals surface area contributed by atoms with E-state index in [1.165, 1.54) is 23.8 Å². The maximum atomic E-state index is 14.4. The van der Waals surface area contributed by atoms with E-state index in [4.69, 9.17) is 9.47 Å². The number of alkyl halides is 3. The molecule has 1 amide bonds. The maximum absolute atomic E-state index is 14.4. The molecule has 0 saturated heterocycles. The van der Waals surface area contributed by atoms with Crippen molar-refractivity contribution in [2.75, 3.05) is 20.3 Å². The van der Waals surface area contributed by atoms with Crippen LogP contribution in [0.2, 0.25) is 0 Å². The molecule has 0 aliphatic carbocycles. The van der Waals surface area contributed by atoms with E-state index >= 15 is 0 Å². The number of hydrogen-bond donors (Lipinski definition) is 1. The molecule has 3 aromatic rings. The summed E-state index contributed by atoms with van der Waals surface area (Å²) >= 11 is 0. The predicted octanol–water partition coefficient (Wildman–Crippen LogP) is 3.55. The zero-order valence-corrected chi connectivity index (χ0v) is 17.0. The highest BCUT2D eigenvalue weighted by atomic mass is 19.4. The van der Waals surface area contributed by atoms with Gasteiger partial charge in [-0.05, 0) is 38.1 Å². The van der Waals surface area contributed by atoms with Crippen molar-refractivity contribution in [3.63, 3.8) is 0 Å². The Morgan fingerprint density at radius 3 is 2.65 bits per heavy atom. The number of nitrogens with one attached hydrogen (secondary N) is 1. The number of ether oxygens (including phenoxy) is 2. The minimum atomic E-state index is -4.59. The molecule has 166 valence electrons. The highest BCUT2D eigenvalue weighted by molar-refractivity contribution is 6.00. The van der Waals surface area contributed by atoms with Crippen molar-refractivity contribution in [1.29, 1.82) is 0 Å². The monoisotopic (exact) mass is 440 g/mol. The number of rotatable bonds is 7. The van der Waals surface area contributed by atoms with E-state index in [2.05, 4.69) is 10.1 Å². The molecule has 0 saturated carbocycles. The van der Waals surface area contributed by atoms with Crippen molar-refractivity contribution in [3.8, 4) is 17.0 Å². The van der Waals surface area contributed by atoms with Gasteiger partial charge >= 0.3 is 6.18 Å². The van der Waals surface area contributed by atoms with Crippen molar-refractivity contribution >= 4 is 11.6 Å². The van der Waals surface area contributed by atoms with Crippen molar-refractivity contribution in [2.45, 2.75) is 26.1 Å². The van der Waals surface area contributed by atoms with Gasteiger partial charge in [-0.15, -0.1) is 0 Å². The second-order valence-electron chi connectivity index (χ2n) is 6.80. The van der Waals surface area contributed by atoms with Crippen molar-refractivity contribution < 1.29 is 31.8 Å². The van der Waals surface area contributed by atoms with Crippen LogP contribution in [0.25, 0.3) is 16.9 Å².